The lowest BCUT2D eigenvalue weighted by Crippen LogP contribution is -2.26. The van der Waals surface area contributed by atoms with Gasteiger partial charge in [0, 0.05) is 17.8 Å². The van der Waals surface area contributed by atoms with E-state index in [-0.39, 0.29) is 11.7 Å². The smallest absolute Gasteiger partial charge is 0.290 e. The molecular weight excluding hydrogens is 380 g/mol. The molecule has 0 saturated heterocycles. The van der Waals surface area contributed by atoms with Crippen molar-refractivity contribution in [2.24, 2.45) is 0 Å². The highest BCUT2D eigenvalue weighted by Crippen LogP contribution is 2.15. The third-order valence-electron chi connectivity index (χ3n) is 4.60. The molecule has 2 heterocycles. The highest BCUT2D eigenvalue weighted by molar-refractivity contribution is 7.09. The summed E-state index contributed by atoms with van der Waals surface area (Å²) in [5.74, 6) is 0.688. The topological polar surface area (TPSA) is 59.8 Å². The number of hydrogen-bond donors (Lipinski definition) is 1. The Labute approximate surface area is 174 Å². The summed E-state index contributed by atoms with van der Waals surface area (Å²) in [6.07, 6.45) is 1.41. The Morgan fingerprint density at radius 1 is 1.03 bits per heavy atom. The first-order chi connectivity index (χ1) is 14.2. The zero-order chi connectivity index (χ0) is 20.1. The summed E-state index contributed by atoms with van der Waals surface area (Å²) < 4.78 is 1.76. The molecule has 4 rings (SSSR count). The minimum Gasteiger partial charge on any atom is -0.349 e. The predicted octanol–water partition coefficient (Wildman–Crippen LogP) is 4.20. The van der Waals surface area contributed by atoms with Gasteiger partial charge in [-0.25, -0.2) is 9.67 Å². The van der Waals surface area contributed by atoms with Crippen LogP contribution in [-0.2, 0) is 12.8 Å². The van der Waals surface area contributed by atoms with E-state index in [9.17, 15) is 4.79 Å². The van der Waals surface area contributed by atoms with Crippen molar-refractivity contribution in [3.8, 4) is 5.69 Å². The Morgan fingerprint density at radius 2 is 1.83 bits per heavy atom. The molecule has 6 heteroatoms. The SMILES string of the molecule is Cc1ccc(-n2nc(C(=O)NCCc3cccs3)nc2Cc2ccccc2)cc1. The van der Waals surface area contributed by atoms with Crippen molar-refractivity contribution < 1.29 is 4.79 Å². The number of nitrogens with zero attached hydrogens (tertiary/aromatic N) is 3. The van der Waals surface area contributed by atoms with Gasteiger partial charge in [-0.2, -0.15) is 0 Å². The van der Waals surface area contributed by atoms with Crippen LogP contribution in [0, 0.1) is 6.92 Å². The van der Waals surface area contributed by atoms with Crippen molar-refractivity contribution in [3.05, 3.63) is 99.8 Å². The van der Waals surface area contributed by atoms with Gasteiger partial charge in [-0.05, 0) is 42.5 Å². The maximum atomic E-state index is 12.6. The molecule has 0 fully saturated rings. The minimum absolute atomic E-state index is 0.197. The number of thiophene rings is 1. The molecule has 146 valence electrons. The summed E-state index contributed by atoms with van der Waals surface area (Å²) in [4.78, 5) is 18.4. The van der Waals surface area contributed by atoms with Gasteiger partial charge in [-0.3, -0.25) is 4.79 Å². The second kappa shape index (κ2) is 8.84. The largest absolute Gasteiger partial charge is 0.349 e. The second-order valence-electron chi connectivity index (χ2n) is 6.85. The first-order valence-corrected chi connectivity index (χ1v) is 10.4. The van der Waals surface area contributed by atoms with Gasteiger partial charge < -0.3 is 5.32 Å². The lowest BCUT2D eigenvalue weighted by Gasteiger charge is -2.06. The van der Waals surface area contributed by atoms with Crippen LogP contribution in [0.3, 0.4) is 0 Å². The van der Waals surface area contributed by atoms with E-state index < -0.39 is 0 Å². The Bertz CT molecular complexity index is 1070. The molecule has 0 aliphatic heterocycles. The van der Waals surface area contributed by atoms with Crippen LogP contribution in [0.25, 0.3) is 5.69 Å². The van der Waals surface area contributed by atoms with Gasteiger partial charge in [-0.15, -0.1) is 16.4 Å². The normalized spacial score (nSPS) is 10.8. The van der Waals surface area contributed by atoms with Gasteiger partial charge >= 0.3 is 0 Å². The van der Waals surface area contributed by atoms with E-state index in [1.165, 1.54) is 10.4 Å². The van der Waals surface area contributed by atoms with E-state index in [4.69, 9.17) is 0 Å². The Hall–Kier alpha value is -3.25. The molecule has 4 aromatic rings. The van der Waals surface area contributed by atoms with Gasteiger partial charge in [0.2, 0.25) is 5.82 Å². The summed E-state index contributed by atoms with van der Waals surface area (Å²) >= 11 is 1.69. The molecule has 0 aliphatic rings. The number of benzene rings is 2. The number of amides is 1. The van der Waals surface area contributed by atoms with E-state index in [2.05, 4.69) is 33.6 Å². The first-order valence-electron chi connectivity index (χ1n) is 9.56. The average Bonchev–Trinajstić information content (AvgIpc) is 3.40. The van der Waals surface area contributed by atoms with Gasteiger partial charge in [-0.1, -0.05) is 54.1 Å². The fourth-order valence-electron chi connectivity index (χ4n) is 3.06. The van der Waals surface area contributed by atoms with Crippen molar-refractivity contribution in [2.75, 3.05) is 6.54 Å². The highest BCUT2D eigenvalue weighted by atomic mass is 32.1. The molecule has 0 bridgehead atoms. The summed E-state index contributed by atoms with van der Waals surface area (Å²) in [6.45, 7) is 2.61. The zero-order valence-electron chi connectivity index (χ0n) is 16.2. The van der Waals surface area contributed by atoms with Gasteiger partial charge in [0.25, 0.3) is 5.91 Å². The standard InChI is InChI=1S/C23H22N4OS/c1-17-9-11-19(12-10-17)27-21(16-18-6-3-2-4-7-18)25-22(26-27)23(28)24-14-13-20-8-5-15-29-20/h2-12,15H,13-14,16H2,1H3,(H,24,28). The number of rotatable bonds is 7. The van der Waals surface area contributed by atoms with E-state index in [0.717, 1.165) is 23.5 Å². The summed E-state index contributed by atoms with van der Waals surface area (Å²) in [5, 5.41) is 9.49. The fourth-order valence-corrected chi connectivity index (χ4v) is 3.77. The molecule has 29 heavy (non-hydrogen) atoms. The number of aromatic nitrogens is 3. The Kier molecular flexibility index (Phi) is 5.81. The number of nitrogens with one attached hydrogen (secondary N) is 1. The van der Waals surface area contributed by atoms with Crippen molar-refractivity contribution >= 4 is 17.2 Å². The average molecular weight is 403 g/mol. The van der Waals surface area contributed by atoms with Crippen molar-refractivity contribution in [1.29, 1.82) is 0 Å². The maximum absolute atomic E-state index is 12.6. The lowest BCUT2D eigenvalue weighted by molar-refractivity contribution is 0.0944. The fraction of sp³-hybridized carbons (Fsp3) is 0.174. The van der Waals surface area contributed by atoms with Gasteiger partial charge in [0.15, 0.2) is 0 Å². The Morgan fingerprint density at radius 3 is 2.55 bits per heavy atom. The molecule has 5 nitrogen and oxygen atoms in total. The number of hydrogen-bond acceptors (Lipinski definition) is 4. The minimum atomic E-state index is -0.248. The molecule has 0 atom stereocenters. The van der Waals surface area contributed by atoms with Gasteiger partial charge in [0.05, 0.1) is 5.69 Å². The van der Waals surface area contributed by atoms with Crippen LogP contribution in [0.15, 0.2) is 72.1 Å². The summed E-state index contributed by atoms with van der Waals surface area (Å²) in [7, 11) is 0. The van der Waals surface area contributed by atoms with E-state index >= 15 is 0 Å². The molecule has 2 aromatic carbocycles. The van der Waals surface area contributed by atoms with Crippen LogP contribution >= 0.6 is 11.3 Å². The third kappa shape index (κ3) is 4.78. The van der Waals surface area contributed by atoms with Gasteiger partial charge in [0.1, 0.15) is 5.82 Å². The van der Waals surface area contributed by atoms with Crippen LogP contribution in [0.2, 0.25) is 0 Å². The number of aryl methyl sites for hydroxylation is 1. The maximum Gasteiger partial charge on any atom is 0.290 e. The molecule has 0 saturated carbocycles. The zero-order valence-corrected chi connectivity index (χ0v) is 17.0. The van der Waals surface area contributed by atoms with Crippen LogP contribution in [-0.4, -0.2) is 27.2 Å². The van der Waals surface area contributed by atoms with Crippen LogP contribution in [0.1, 0.15) is 32.4 Å². The second-order valence-corrected chi connectivity index (χ2v) is 7.88. The number of carbonyl (C=O) groups is 1. The molecule has 2 aromatic heterocycles. The van der Waals surface area contributed by atoms with E-state index in [0.29, 0.717) is 13.0 Å². The predicted molar refractivity (Wildman–Crippen MR) is 116 cm³/mol. The summed E-state index contributed by atoms with van der Waals surface area (Å²) in [5.41, 5.74) is 3.19. The van der Waals surface area contributed by atoms with Crippen molar-refractivity contribution in [3.63, 3.8) is 0 Å². The highest BCUT2D eigenvalue weighted by Gasteiger charge is 2.17. The van der Waals surface area contributed by atoms with Crippen LogP contribution < -0.4 is 5.32 Å². The quantitative estimate of drug-likeness (QED) is 0.504. The van der Waals surface area contributed by atoms with Crippen molar-refractivity contribution in [1.82, 2.24) is 20.1 Å². The molecular formula is C23H22N4OS. The summed E-state index contributed by atoms with van der Waals surface area (Å²) in [6, 6.07) is 22.2. The lowest BCUT2D eigenvalue weighted by atomic mass is 10.1. The van der Waals surface area contributed by atoms with Crippen LogP contribution in [0.5, 0.6) is 0 Å². The molecule has 0 unspecified atom stereocenters. The van der Waals surface area contributed by atoms with E-state index in [1.807, 2.05) is 60.8 Å². The Balaban J connectivity index is 1.56. The molecule has 0 aliphatic carbocycles. The molecule has 1 amide bonds. The third-order valence-corrected chi connectivity index (χ3v) is 5.53. The monoisotopic (exact) mass is 402 g/mol. The molecule has 0 spiro atoms. The van der Waals surface area contributed by atoms with Crippen molar-refractivity contribution in [2.45, 2.75) is 19.8 Å². The first kappa shape index (κ1) is 19.1. The molecule has 1 N–H and O–H groups in total. The molecule has 0 radical (unpaired) electrons. The van der Waals surface area contributed by atoms with E-state index in [1.54, 1.807) is 16.0 Å². The van der Waals surface area contributed by atoms with Crippen LogP contribution in [0.4, 0.5) is 0 Å². The number of carbonyl (C=O) groups excluding carboxylic acids is 1.